The number of nitro groups is 1. The van der Waals surface area contributed by atoms with E-state index < -0.39 is 16.3 Å². The standard InChI is InChI=1S/C10H11FN2O3/c11-9-3-8(13(15)16)2-1-7(9)4-10(14)5-12-6-10/h1-3,12,14H,4-6H2. The molecule has 6 heteroatoms. The van der Waals surface area contributed by atoms with Gasteiger partial charge in [-0.15, -0.1) is 0 Å². The van der Waals surface area contributed by atoms with Crippen molar-refractivity contribution < 1.29 is 14.4 Å². The molecular weight excluding hydrogens is 215 g/mol. The third-order valence-electron chi connectivity index (χ3n) is 2.68. The first-order chi connectivity index (χ1) is 7.50. The number of benzene rings is 1. The number of hydrogen-bond donors (Lipinski definition) is 2. The van der Waals surface area contributed by atoms with Gasteiger partial charge in [-0.25, -0.2) is 4.39 Å². The Hall–Kier alpha value is -1.53. The molecule has 1 heterocycles. The fourth-order valence-corrected chi connectivity index (χ4v) is 1.69. The van der Waals surface area contributed by atoms with Crippen molar-refractivity contribution in [1.82, 2.24) is 5.32 Å². The van der Waals surface area contributed by atoms with E-state index in [-0.39, 0.29) is 12.1 Å². The predicted molar refractivity (Wildman–Crippen MR) is 54.6 cm³/mol. The number of halogens is 1. The quantitative estimate of drug-likeness (QED) is 0.585. The summed E-state index contributed by atoms with van der Waals surface area (Å²) in [6.45, 7) is 0.840. The van der Waals surface area contributed by atoms with Gasteiger partial charge in [-0.3, -0.25) is 10.1 Å². The minimum Gasteiger partial charge on any atom is -0.387 e. The lowest BCUT2D eigenvalue weighted by atomic mass is 9.89. The number of rotatable bonds is 3. The van der Waals surface area contributed by atoms with E-state index in [2.05, 4.69) is 5.32 Å². The maximum absolute atomic E-state index is 13.5. The normalized spacial score (nSPS) is 17.9. The first-order valence-corrected chi connectivity index (χ1v) is 4.86. The van der Waals surface area contributed by atoms with E-state index in [0.717, 1.165) is 6.07 Å². The zero-order valence-corrected chi connectivity index (χ0v) is 8.44. The van der Waals surface area contributed by atoms with Crippen LogP contribution in [-0.2, 0) is 6.42 Å². The average Bonchev–Trinajstić information content (AvgIpc) is 2.18. The monoisotopic (exact) mass is 226 g/mol. The lowest BCUT2D eigenvalue weighted by Gasteiger charge is -2.37. The van der Waals surface area contributed by atoms with Crippen LogP contribution in [0.1, 0.15) is 5.56 Å². The van der Waals surface area contributed by atoms with Gasteiger partial charge in [0.05, 0.1) is 16.6 Å². The minimum atomic E-state index is -0.920. The summed E-state index contributed by atoms with van der Waals surface area (Å²) in [6.07, 6.45) is 0.170. The molecule has 0 saturated carbocycles. The highest BCUT2D eigenvalue weighted by Gasteiger charge is 2.35. The van der Waals surface area contributed by atoms with Crippen molar-refractivity contribution in [3.63, 3.8) is 0 Å². The highest BCUT2D eigenvalue weighted by atomic mass is 19.1. The molecule has 0 atom stereocenters. The Kier molecular flexibility index (Phi) is 2.61. The molecule has 0 radical (unpaired) electrons. The fraction of sp³-hybridized carbons (Fsp3) is 0.400. The van der Waals surface area contributed by atoms with Gasteiger partial charge in [0.25, 0.3) is 5.69 Å². The van der Waals surface area contributed by atoms with E-state index in [1.54, 1.807) is 0 Å². The number of aliphatic hydroxyl groups is 1. The van der Waals surface area contributed by atoms with E-state index in [0.29, 0.717) is 18.7 Å². The summed E-state index contributed by atoms with van der Waals surface area (Å²) in [7, 11) is 0. The lowest BCUT2D eigenvalue weighted by Crippen LogP contribution is -2.60. The molecule has 0 aliphatic carbocycles. The molecule has 86 valence electrons. The van der Waals surface area contributed by atoms with Gasteiger partial charge in [-0.2, -0.15) is 0 Å². The molecule has 1 aliphatic rings. The van der Waals surface area contributed by atoms with Crippen LogP contribution in [0.4, 0.5) is 10.1 Å². The molecule has 1 saturated heterocycles. The molecule has 0 unspecified atom stereocenters. The van der Waals surface area contributed by atoms with E-state index in [9.17, 15) is 19.6 Å². The second kappa shape index (κ2) is 3.80. The molecule has 1 fully saturated rings. The largest absolute Gasteiger partial charge is 0.387 e. The van der Waals surface area contributed by atoms with Gasteiger partial charge >= 0.3 is 0 Å². The molecule has 1 aliphatic heterocycles. The zero-order valence-electron chi connectivity index (χ0n) is 8.44. The maximum Gasteiger partial charge on any atom is 0.272 e. The second-order valence-corrected chi connectivity index (χ2v) is 4.04. The third-order valence-corrected chi connectivity index (χ3v) is 2.68. The van der Waals surface area contributed by atoms with Gasteiger partial charge in [-0.1, -0.05) is 0 Å². The summed E-state index contributed by atoms with van der Waals surface area (Å²) in [6, 6.07) is 3.47. The molecule has 0 aromatic heterocycles. The van der Waals surface area contributed by atoms with Crippen LogP contribution in [0, 0.1) is 15.9 Å². The summed E-state index contributed by atoms with van der Waals surface area (Å²) in [5, 5.41) is 23.1. The van der Waals surface area contributed by atoms with Crippen LogP contribution < -0.4 is 5.32 Å². The van der Waals surface area contributed by atoms with Crippen LogP contribution in [-0.4, -0.2) is 28.7 Å². The molecule has 1 aromatic carbocycles. The van der Waals surface area contributed by atoms with E-state index in [1.165, 1.54) is 12.1 Å². The Balaban J connectivity index is 2.19. The van der Waals surface area contributed by atoms with E-state index in [1.807, 2.05) is 0 Å². The van der Waals surface area contributed by atoms with Crippen molar-refractivity contribution in [3.8, 4) is 0 Å². The van der Waals surface area contributed by atoms with Crippen LogP contribution in [0.25, 0.3) is 0 Å². The zero-order chi connectivity index (χ0) is 11.8. The Morgan fingerprint density at radius 3 is 2.69 bits per heavy atom. The maximum atomic E-state index is 13.5. The Bertz CT molecular complexity index is 432. The molecule has 2 rings (SSSR count). The molecule has 2 N–H and O–H groups in total. The second-order valence-electron chi connectivity index (χ2n) is 4.04. The molecule has 1 aromatic rings. The number of nitro benzene ring substituents is 1. The lowest BCUT2D eigenvalue weighted by molar-refractivity contribution is -0.385. The number of nitrogens with one attached hydrogen (secondary N) is 1. The van der Waals surface area contributed by atoms with Gasteiger partial charge in [0, 0.05) is 25.6 Å². The highest BCUT2D eigenvalue weighted by molar-refractivity contribution is 5.35. The number of nitrogens with zero attached hydrogens (tertiary/aromatic N) is 1. The van der Waals surface area contributed by atoms with Crippen LogP contribution in [0.3, 0.4) is 0 Å². The minimum absolute atomic E-state index is 0.170. The van der Waals surface area contributed by atoms with Gasteiger partial charge in [-0.05, 0) is 11.6 Å². The van der Waals surface area contributed by atoms with E-state index >= 15 is 0 Å². The molecule has 5 nitrogen and oxygen atoms in total. The van der Waals surface area contributed by atoms with Gasteiger partial charge in [0.2, 0.25) is 0 Å². The van der Waals surface area contributed by atoms with Gasteiger partial charge < -0.3 is 10.4 Å². The smallest absolute Gasteiger partial charge is 0.272 e. The van der Waals surface area contributed by atoms with Crippen LogP contribution >= 0.6 is 0 Å². The molecule has 0 spiro atoms. The molecular formula is C10H11FN2O3. The van der Waals surface area contributed by atoms with Gasteiger partial charge in [0.15, 0.2) is 0 Å². The van der Waals surface area contributed by atoms with Crippen LogP contribution in [0.5, 0.6) is 0 Å². The summed E-state index contributed by atoms with van der Waals surface area (Å²) in [4.78, 5) is 9.75. The Morgan fingerprint density at radius 2 is 2.25 bits per heavy atom. The summed E-state index contributed by atoms with van der Waals surface area (Å²) < 4.78 is 13.5. The first kappa shape index (κ1) is 11.0. The summed E-state index contributed by atoms with van der Waals surface area (Å²) in [5.74, 6) is -0.644. The molecule has 0 amide bonds. The summed E-state index contributed by atoms with van der Waals surface area (Å²) >= 11 is 0. The fourth-order valence-electron chi connectivity index (χ4n) is 1.69. The highest BCUT2D eigenvalue weighted by Crippen LogP contribution is 2.22. The Labute approximate surface area is 91.0 Å². The third kappa shape index (κ3) is 2.02. The van der Waals surface area contributed by atoms with Crippen molar-refractivity contribution in [1.29, 1.82) is 0 Å². The van der Waals surface area contributed by atoms with Gasteiger partial charge in [0.1, 0.15) is 5.82 Å². The number of β-amino-alcohol motifs (C(OH)–C–C–N with tert-alkyl or cyclic N) is 1. The molecule has 0 bridgehead atoms. The number of hydrogen-bond acceptors (Lipinski definition) is 4. The number of non-ortho nitro benzene ring substituents is 1. The van der Waals surface area contributed by atoms with Crippen molar-refractivity contribution in [2.24, 2.45) is 0 Å². The van der Waals surface area contributed by atoms with E-state index in [4.69, 9.17) is 0 Å². The summed E-state index contributed by atoms with van der Waals surface area (Å²) in [5.41, 5.74) is -0.897. The topological polar surface area (TPSA) is 75.4 Å². The first-order valence-electron chi connectivity index (χ1n) is 4.86. The predicted octanol–water partition coefficient (Wildman–Crippen LogP) is 0.611. The molecule has 16 heavy (non-hydrogen) atoms. The van der Waals surface area contributed by atoms with Crippen molar-refractivity contribution in [3.05, 3.63) is 39.7 Å². The van der Waals surface area contributed by atoms with Crippen LogP contribution in [0.15, 0.2) is 18.2 Å². The SMILES string of the molecule is O=[N+]([O-])c1ccc(CC2(O)CNC2)c(F)c1. The Morgan fingerprint density at radius 1 is 1.56 bits per heavy atom. The van der Waals surface area contributed by atoms with Crippen molar-refractivity contribution >= 4 is 5.69 Å². The average molecular weight is 226 g/mol. The van der Waals surface area contributed by atoms with Crippen LogP contribution in [0.2, 0.25) is 0 Å². The van der Waals surface area contributed by atoms with Crippen molar-refractivity contribution in [2.45, 2.75) is 12.0 Å². The van der Waals surface area contributed by atoms with Crippen molar-refractivity contribution in [2.75, 3.05) is 13.1 Å².